The Morgan fingerprint density at radius 1 is 0.894 bits per heavy atom. The molecule has 2 aliphatic rings. The summed E-state index contributed by atoms with van der Waals surface area (Å²) in [5.74, 6) is -0.679. The SMILES string of the molecule is CC(C)(C)OC(=O)CCN1C(=O)C(CCCCNC(=O)OCc2ccccc2)NC(=O)C12CCN(CCCCc1ccccc1)CC2. The molecule has 2 aromatic carbocycles. The summed E-state index contributed by atoms with van der Waals surface area (Å²) in [4.78, 5) is 56.5. The highest BCUT2D eigenvalue weighted by Crippen LogP contribution is 2.34. The number of alkyl carbamates (subject to hydrolysis) is 1. The summed E-state index contributed by atoms with van der Waals surface area (Å²) in [6, 6.07) is 19.3. The number of amides is 3. The third-order valence-electron chi connectivity index (χ3n) is 8.89. The Morgan fingerprint density at radius 2 is 1.55 bits per heavy atom. The predicted octanol–water partition coefficient (Wildman–Crippen LogP) is 5.00. The third kappa shape index (κ3) is 11.1. The molecule has 0 saturated carbocycles. The molecule has 1 atom stereocenters. The van der Waals surface area contributed by atoms with Crippen molar-refractivity contribution in [1.82, 2.24) is 20.4 Å². The summed E-state index contributed by atoms with van der Waals surface area (Å²) >= 11 is 0. The summed E-state index contributed by atoms with van der Waals surface area (Å²) in [6.45, 7) is 8.56. The number of piperazine rings is 1. The molecule has 0 aromatic heterocycles. The summed E-state index contributed by atoms with van der Waals surface area (Å²) in [6.07, 6.45) is 5.49. The second-order valence-electron chi connectivity index (χ2n) is 13.7. The number of hydrogen-bond donors (Lipinski definition) is 2. The molecule has 2 aromatic rings. The number of nitrogens with zero attached hydrogens (tertiary/aromatic N) is 2. The molecule has 47 heavy (non-hydrogen) atoms. The second-order valence-corrected chi connectivity index (χ2v) is 13.7. The summed E-state index contributed by atoms with van der Waals surface area (Å²) < 4.78 is 10.8. The van der Waals surface area contributed by atoms with E-state index in [0.29, 0.717) is 51.7 Å². The number of hydrogen-bond acceptors (Lipinski definition) is 7. The van der Waals surface area contributed by atoms with Crippen LogP contribution in [-0.2, 0) is 36.9 Å². The van der Waals surface area contributed by atoms with Crippen LogP contribution in [0.1, 0.15) is 83.3 Å². The van der Waals surface area contributed by atoms with Crippen molar-refractivity contribution in [3.05, 3.63) is 71.8 Å². The Balaban J connectivity index is 1.27. The van der Waals surface area contributed by atoms with Crippen LogP contribution >= 0.6 is 0 Å². The van der Waals surface area contributed by atoms with Gasteiger partial charge in [0.25, 0.3) is 0 Å². The van der Waals surface area contributed by atoms with Crippen molar-refractivity contribution in [1.29, 1.82) is 0 Å². The fraction of sp³-hybridized carbons (Fsp3) is 0.568. The standard InChI is InChI=1S/C37H52N4O6/c1-36(2,3)47-32(42)20-25-41-33(43)31(19-10-12-23-38-35(45)46-28-30-17-8-5-9-18-30)39-34(44)37(41)21-26-40(27-22-37)24-13-11-16-29-14-6-4-7-15-29/h4-9,14-15,17-18,31H,10-13,16,19-28H2,1-3H3,(H,38,45)(H,39,44). The van der Waals surface area contributed by atoms with Crippen molar-refractivity contribution >= 4 is 23.9 Å². The molecule has 2 saturated heterocycles. The summed E-state index contributed by atoms with van der Waals surface area (Å²) in [5.41, 5.74) is 0.650. The van der Waals surface area contributed by atoms with Crippen LogP contribution in [0.3, 0.4) is 0 Å². The minimum atomic E-state index is -0.972. The summed E-state index contributed by atoms with van der Waals surface area (Å²) in [5, 5.41) is 5.78. The molecule has 0 radical (unpaired) electrons. The van der Waals surface area contributed by atoms with E-state index < -0.39 is 23.3 Å². The van der Waals surface area contributed by atoms with Gasteiger partial charge in [0.15, 0.2) is 0 Å². The van der Waals surface area contributed by atoms with Gasteiger partial charge in [0.05, 0.1) is 6.42 Å². The molecule has 3 amide bonds. The van der Waals surface area contributed by atoms with Gasteiger partial charge in [0.1, 0.15) is 23.8 Å². The minimum absolute atomic E-state index is 0.0307. The van der Waals surface area contributed by atoms with Crippen LogP contribution in [0.2, 0.25) is 0 Å². The van der Waals surface area contributed by atoms with Gasteiger partial charge in [-0.2, -0.15) is 0 Å². The van der Waals surface area contributed by atoms with Crippen molar-refractivity contribution in [2.75, 3.05) is 32.7 Å². The van der Waals surface area contributed by atoms with E-state index in [9.17, 15) is 19.2 Å². The minimum Gasteiger partial charge on any atom is -0.460 e. The number of esters is 1. The molecule has 2 aliphatic heterocycles. The van der Waals surface area contributed by atoms with Gasteiger partial charge in [-0.1, -0.05) is 60.7 Å². The van der Waals surface area contributed by atoms with E-state index in [4.69, 9.17) is 9.47 Å². The smallest absolute Gasteiger partial charge is 0.407 e. The van der Waals surface area contributed by atoms with Gasteiger partial charge in [-0.15, -0.1) is 0 Å². The molecular formula is C37H52N4O6. The first-order chi connectivity index (χ1) is 22.6. The number of likely N-dealkylation sites (tertiary alicyclic amines) is 1. The highest BCUT2D eigenvalue weighted by molar-refractivity contribution is 6.00. The van der Waals surface area contributed by atoms with E-state index in [1.54, 1.807) is 4.90 Å². The zero-order valence-corrected chi connectivity index (χ0v) is 28.3. The van der Waals surface area contributed by atoms with E-state index in [-0.39, 0.29) is 37.4 Å². The number of unbranched alkanes of at least 4 members (excludes halogenated alkanes) is 2. The Kier molecular flexibility index (Phi) is 13.2. The van der Waals surface area contributed by atoms with Crippen LogP contribution in [0.15, 0.2) is 60.7 Å². The quantitative estimate of drug-likeness (QED) is 0.206. The summed E-state index contributed by atoms with van der Waals surface area (Å²) in [7, 11) is 0. The number of rotatable bonds is 15. The second kappa shape index (κ2) is 17.3. The molecule has 2 fully saturated rings. The maximum atomic E-state index is 13.9. The van der Waals surface area contributed by atoms with Crippen molar-refractivity contribution in [3.63, 3.8) is 0 Å². The van der Waals surface area contributed by atoms with Gasteiger partial charge < -0.3 is 29.9 Å². The average Bonchev–Trinajstić information content (AvgIpc) is 3.05. The molecule has 0 bridgehead atoms. The van der Waals surface area contributed by atoms with E-state index >= 15 is 0 Å². The predicted molar refractivity (Wildman–Crippen MR) is 180 cm³/mol. The van der Waals surface area contributed by atoms with Crippen LogP contribution in [-0.4, -0.2) is 83.6 Å². The number of carbonyl (C=O) groups is 4. The first kappa shape index (κ1) is 35.9. The zero-order valence-electron chi connectivity index (χ0n) is 28.3. The molecule has 1 spiro atoms. The lowest BCUT2D eigenvalue weighted by atomic mass is 9.81. The van der Waals surface area contributed by atoms with Crippen molar-refractivity contribution in [3.8, 4) is 0 Å². The maximum Gasteiger partial charge on any atom is 0.407 e. The topological polar surface area (TPSA) is 117 Å². The number of nitrogens with one attached hydrogen (secondary N) is 2. The number of carbonyl (C=O) groups excluding carboxylic acids is 4. The maximum absolute atomic E-state index is 13.9. The van der Waals surface area contributed by atoms with Gasteiger partial charge in [-0.3, -0.25) is 14.4 Å². The molecule has 1 unspecified atom stereocenters. The number of aryl methyl sites for hydroxylation is 1. The lowest BCUT2D eigenvalue weighted by Crippen LogP contribution is -2.73. The Bertz CT molecular complexity index is 1310. The Labute approximate surface area is 279 Å². The van der Waals surface area contributed by atoms with Crippen LogP contribution in [0.25, 0.3) is 0 Å². The van der Waals surface area contributed by atoms with Gasteiger partial charge in [-0.25, -0.2) is 4.79 Å². The van der Waals surface area contributed by atoms with Gasteiger partial charge in [-0.05, 0) is 89.8 Å². The molecule has 10 heteroatoms. The number of piperidine rings is 1. The van der Waals surface area contributed by atoms with Gasteiger partial charge in [0.2, 0.25) is 11.8 Å². The van der Waals surface area contributed by atoms with Crippen LogP contribution in [0.5, 0.6) is 0 Å². The molecule has 256 valence electrons. The fourth-order valence-electron chi connectivity index (χ4n) is 6.38. The van der Waals surface area contributed by atoms with E-state index in [0.717, 1.165) is 31.4 Å². The van der Waals surface area contributed by atoms with Crippen molar-refractivity contribution in [2.24, 2.45) is 0 Å². The zero-order chi connectivity index (χ0) is 33.7. The largest absolute Gasteiger partial charge is 0.460 e. The number of ether oxygens (including phenoxy) is 2. The van der Waals surface area contributed by atoms with E-state index in [2.05, 4.69) is 39.8 Å². The van der Waals surface area contributed by atoms with Crippen LogP contribution in [0.4, 0.5) is 4.79 Å². The van der Waals surface area contributed by atoms with E-state index in [1.807, 2.05) is 57.2 Å². The fourth-order valence-corrected chi connectivity index (χ4v) is 6.38. The van der Waals surface area contributed by atoms with Gasteiger partial charge in [0, 0.05) is 26.2 Å². The molecule has 10 nitrogen and oxygen atoms in total. The van der Waals surface area contributed by atoms with E-state index in [1.165, 1.54) is 5.56 Å². The first-order valence-electron chi connectivity index (χ1n) is 17.1. The normalized spacial score (nSPS) is 18.1. The molecule has 2 heterocycles. The molecule has 4 rings (SSSR count). The highest BCUT2D eigenvalue weighted by atomic mass is 16.6. The molecular weight excluding hydrogens is 596 g/mol. The third-order valence-corrected chi connectivity index (χ3v) is 8.89. The lowest BCUT2D eigenvalue weighted by Gasteiger charge is -2.51. The van der Waals surface area contributed by atoms with Crippen molar-refractivity contribution in [2.45, 2.75) is 102 Å². The lowest BCUT2D eigenvalue weighted by molar-refractivity contribution is -0.164. The average molecular weight is 649 g/mol. The van der Waals surface area contributed by atoms with Crippen LogP contribution < -0.4 is 10.6 Å². The van der Waals surface area contributed by atoms with Crippen molar-refractivity contribution < 1.29 is 28.7 Å². The van der Waals surface area contributed by atoms with Crippen LogP contribution in [0, 0.1) is 0 Å². The molecule has 0 aliphatic carbocycles. The van der Waals surface area contributed by atoms with Gasteiger partial charge >= 0.3 is 12.1 Å². The number of benzene rings is 2. The highest BCUT2D eigenvalue weighted by Gasteiger charge is 2.53. The Morgan fingerprint density at radius 3 is 2.21 bits per heavy atom. The first-order valence-corrected chi connectivity index (χ1v) is 17.1. The monoisotopic (exact) mass is 648 g/mol. The Hall–Kier alpha value is -3.92. The molecule has 2 N–H and O–H groups in total.